The van der Waals surface area contributed by atoms with Crippen molar-refractivity contribution >= 4 is 62.1 Å². The van der Waals surface area contributed by atoms with E-state index in [0.29, 0.717) is 26.3 Å². The van der Waals surface area contributed by atoms with Crippen LogP contribution in [0.15, 0.2) is 89.7 Å². The number of alkyl carbamates (subject to hydrolysis) is 1. The molecule has 3 N–H and O–H groups in total. The number of ether oxygens (including phenoxy) is 2. The maximum absolute atomic E-state index is 12.7. The molecule has 3 aromatic carbocycles. The Kier molecular flexibility index (Phi) is 9.35. The summed E-state index contributed by atoms with van der Waals surface area (Å²) in [6.07, 6.45) is -0.530. The Morgan fingerprint density at radius 1 is 0.949 bits per heavy atom. The highest BCUT2D eigenvalue weighted by Crippen LogP contribution is 2.24. The lowest BCUT2D eigenvalue weighted by atomic mass is 10.1. The van der Waals surface area contributed by atoms with E-state index < -0.39 is 30.4 Å². The van der Waals surface area contributed by atoms with Gasteiger partial charge in [-0.1, -0.05) is 60.1 Å². The van der Waals surface area contributed by atoms with Gasteiger partial charge in [-0.15, -0.1) is 0 Å². The lowest BCUT2D eigenvalue weighted by Crippen LogP contribution is -2.39. The lowest BCUT2D eigenvalue weighted by molar-refractivity contribution is 0.0619. The Balaban J connectivity index is 1.36. The van der Waals surface area contributed by atoms with Gasteiger partial charge >= 0.3 is 12.2 Å². The van der Waals surface area contributed by atoms with Gasteiger partial charge in [0.2, 0.25) is 0 Å². The van der Waals surface area contributed by atoms with Crippen LogP contribution in [-0.2, 0) is 9.47 Å². The number of nitrogens with one attached hydrogen (secondary N) is 3. The number of fused-ring (bicyclic) bond motifs is 1. The van der Waals surface area contributed by atoms with Crippen molar-refractivity contribution in [3.8, 4) is 0 Å². The molecule has 200 valence electrons. The molecule has 4 aromatic rings. The molecule has 39 heavy (non-hydrogen) atoms. The number of pyridine rings is 1. The van der Waals surface area contributed by atoms with Crippen LogP contribution in [0.4, 0.5) is 15.3 Å². The van der Waals surface area contributed by atoms with Crippen molar-refractivity contribution in [1.29, 1.82) is 0 Å². The van der Waals surface area contributed by atoms with Crippen molar-refractivity contribution in [2.75, 3.05) is 11.9 Å². The highest BCUT2D eigenvalue weighted by atomic mass is 79.9. The molecule has 1 aromatic heterocycles. The maximum Gasteiger partial charge on any atom is 0.413 e. The smallest absolute Gasteiger partial charge is 0.413 e. The number of amides is 3. The van der Waals surface area contributed by atoms with Crippen LogP contribution >= 0.6 is 27.5 Å². The molecule has 0 radical (unpaired) electrons. The van der Waals surface area contributed by atoms with Gasteiger partial charge in [0, 0.05) is 27.3 Å². The number of anilines is 1. The molecule has 0 fully saturated rings. The molecular formula is C28H24BrClN4O5. The maximum atomic E-state index is 12.7. The lowest BCUT2D eigenvalue weighted by Gasteiger charge is -2.21. The second kappa shape index (κ2) is 13.1. The number of benzene rings is 3. The fourth-order valence-corrected chi connectivity index (χ4v) is 4.31. The first-order valence-corrected chi connectivity index (χ1v) is 13.0. The molecule has 0 aliphatic carbocycles. The molecule has 0 aliphatic rings. The third-order valence-electron chi connectivity index (χ3n) is 5.52. The highest BCUT2D eigenvalue weighted by Gasteiger charge is 2.21. The summed E-state index contributed by atoms with van der Waals surface area (Å²) in [5, 5.41) is 10.1. The van der Waals surface area contributed by atoms with Crippen molar-refractivity contribution < 1.29 is 23.9 Å². The summed E-state index contributed by atoms with van der Waals surface area (Å²) in [4.78, 5) is 41.7. The fourth-order valence-electron chi connectivity index (χ4n) is 3.75. The van der Waals surface area contributed by atoms with Gasteiger partial charge in [-0.2, -0.15) is 0 Å². The Hall–Kier alpha value is -4.15. The molecule has 0 saturated carbocycles. The van der Waals surface area contributed by atoms with E-state index >= 15 is 0 Å². The molecular weight excluding hydrogens is 588 g/mol. The minimum Gasteiger partial charge on any atom is -0.439 e. The van der Waals surface area contributed by atoms with Crippen molar-refractivity contribution in [3.63, 3.8) is 0 Å². The van der Waals surface area contributed by atoms with Crippen molar-refractivity contribution in [2.24, 2.45) is 0 Å². The van der Waals surface area contributed by atoms with Crippen LogP contribution in [0.3, 0.4) is 0 Å². The molecule has 0 saturated heterocycles. The van der Waals surface area contributed by atoms with Gasteiger partial charge in [-0.25, -0.2) is 9.59 Å². The second-order valence-electron chi connectivity index (χ2n) is 8.39. The van der Waals surface area contributed by atoms with E-state index in [9.17, 15) is 14.4 Å². The third-order valence-corrected chi connectivity index (χ3v) is 6.18. The van der Waals surface area contributed by atoms with Crippen molar-refractivity contribution in [1.82, 2.24) is 15.6 Å². The van der Waals surface area contributed by atoms with Gasteiger partial charge < -0.3 is 14.8 Å². The summed E-state index contributed by atoms with van der Waals surface area (Å²) in [6, 6.07) is 21.4. The summed E-state index contributed by atoms with van der Waals surface area (Å²) < 4.78 is 11.5. The minimum atomic E-state index is -1.02. The molecule has 11 heteroatoms. The first kappa shape index (κ1) is 27.9. The van der Waals surface area contributed by atoms with Crippen LogP contribution in [0.25, 0.3) is 10.8 Å². The predicted molar refractivity (Wildman–Crippen MR) is 152 cm³/mol. The molecule has 0 spiro atoms. The largest absolute Gasteiger partial charge is 0.439 e. The average Bonchev–Trinajstić information content (AvgIpc) is 2.91. The first-order valence-electron chi connectivity index (χ1n) is 11.9. The number of hydrogen-bond donors (Lipinski definition) is 3. The van der Waals surface area contributed by atoms with Crippen molar-refractivity contribution in [3.05, 3.63) is 106 Å². The zero-order chi connectivity index (χ0) is 27.8. The molecule has 0 bridgehead atoms. The Morgan fingerprint density at radius 2 is 1.72 bits per heavy atom. The zero-order valence-corrected chi connectivity index (χ0v) is 23.0. The van der Waals surface area contributed by atoms with Crippen LogP contribution in [0.5, 0.6) is 0 Å². The van der Waals surface area contributed by atoms with E-state index in [1.54, 1.807) is 42.6 Å². The minimum absolute atomic E-state index is 0.0457. The molecule has 2 unspecified atom stereocenters. The van der Waals surface area contributed by atoms with Gasteiger partial charge in [0.25, 0.3) is 5.91 Å². The first-order chi connectivity index (χ1) is 18.8. The van der Waals surface area contributed by atoms with Crippen LogP contribution in [0, 0.1) is 0 Å². The van der Waals surface area contributed by atoms with E-state index in [1.807, 2.05) is 36.4 Å². The summed E-state index contributed by atoms with van der Waals surface area (Å²) in [5.74, 6) is -0.401. The summed E-state index contributed by atoms with van der Waals surface area (Å²) in [7, 11) is 0. The van der Waals surface area contributed by atoms with Gasteiger partial charge in [-0.3, -0.25) is 20.4 Å². The number of hydrogen-bond acceptors (Lipinski definition) is 6. The molecule has 2 atom stereocenters. The van der Waals surface area contributed by atoms with Crippen LogP contribution in [0.2, 0.25) is 5.02 Å². The number of nitrogens with zero attached hydrogens (tertiary/aromatic N) is 1. The van der Waals surface area contributed by atoms with E-state index in [4.69, 9.17) is 21.1 Å². The van der Waals surface area contributed by atoms with Crippen LogP contribution in [-0.4, -0.2) is 35.9 Å². The van der Waals surface area contributed by atoms with E-state index in [0.717, 1.165) is 10.8 Å². The van der Waals surface area contributed by atoms with E-state index in [1.165, 1.54) is 13.1 Å². The van der Waals surface area contributed by atoms with Gasteiger partial charge in [0.15, 0.2) is 6.23 Å². The third kappa shape index (κ3) is 7.92. The molecule has 4 rings (SSSR count). The second-order valence-corrected chi connectivity index (χ2v) is 9.75. The number of carbonyl (C=O) groups is 3. The van der Waals surface area contributed by atoms with E-state index in [2.05, 4.69) is 36.9 Å². The van der Waals surface area contributed by atoms with E-state index in [-0.39, 0.29) is 6.54 Å². The fraction of sp³-hybridized carbons (Fsp3) is 0.143. The number of carbonyl (C=O) groups excluding carboxylic acids is 3. The molecule has 1 heterocycles. The van der Waals surface area contributed by atoms with Crippen molar-refractivity contribution in [2.45, 2.75) is 19.3 Å². The topological polar surface area (TPSA) is 119 Å². The summed E-state index contributed by atoms with van der Waals surface area (Å²) >= 11 is 9.41. The van der Waals surface area contributed by atoms with Crippen LogP contribution < -0.4 is 16.0 Å². The van der Waals surface area contributed by atoms with Gasteiger partial charge in [0.1, 0.15) is 6.10 Å². The normalized spacial score (nSPS) is 12.2. The molecule has 0 aliphatic heterocycles. The zero-order valence-electron chi connectivity index (χ0n) is 20.7. The highest BCUT2D eigenvalue weighted by molar-refractivity contribution is 9.10. The van der Waals surface area contributed by atoms with Gasteiger partial charge in [0.05, 0.1) is 17.8 Å². The Morgan fingerprint density at radius 3 is 2.51 bits per heavy atom. The Labute approximate surface area is 238 Å². The average molecular weight is 612 g/mol. The SMILES string of the molecule is CC(NC(=O)OC(CNC(=O)c1cncc(Br)c1)c1cccc(Cl)c1)OC(=O)Nc1cccc2ccccc12. The Bertz CT molecular complexity index is 1500. The van der Waals surface area contributed by atoms with Gasteiger partial charge in [-0.05, 0) is 58.1 Å². The number of aromatic nitrogens is 1. The standard InChI is InChI=1S/C28H24BrClN4O5/c1-17(38-28(37)34-24-11-5-7-18-6-2-3-10-23(18)24)33-27(36)39-25(19-8-4-9-22(30)13-19)16-32-26(35)20-12-21(29)15-31-14-20/h2-15,17,25H,16H2,1H3,(H,32,35)(H,33,36)(H,34,37). The number of halogens is 2. The summed E-state index contributed by atoms with van der Waals surface area (Å²) in [6.45, 7) is 1.44. The van der Waals surface area contributed by atoms with Crippen LogP contribution in [0.1, 0.15) is 28.9 Å². The number of rotatable bonds is 8. The predicted octanol–water partition coefficient (Wildman–Crippen LogP) is 6.44. The molecule has 3 amide bonds. The monoisotopic (exact) mass is 610 g/mol. The summed E-state index contributed by atoms with van der Waals surface area (Å²) in [5.41, 5.74) is 1.47. The quantitative estimate of drug-likeness (QED) is 0.197. The molecule has 9 nitrogen and oxygen atoms in total.